The summed E-state index contributed by atoms with van der Waals surface area (Å²) < 4.78 is 0. The molecule has 0 spiro atoms. The third-order valence-corrected chi connectivity index (χ3v) is 3.68. The van der Waals surface area contributed by atoms with Gasteiger partial charge in [0.15, 0.2) is 0 Å². The highest BCUT2D eigenvalue weighted by Gasteiger charge is 2.20. The zero-order valence-electron chi connectivity index (χ0n) is 11.9. The summed E-state index contributed by atoms with van der Waals surface area (Å²) in [4.78, 5) is 0. The van der Waals surface area contributed by atoms with Crippen molar-refractivity contribution in [3.63, 3.8) is 0 Å². The first-order chi connectivity index (χ1) is 8.65. The van der Waals surface area contributed by atoms with Crippen LogP contribution >= 0.6 is 0 Å². The van der Waals surface area contributed by atoms with Gasteiger partial charge in [0, 0.05) is 18.6 Å². The lowest BCUT2D eigenvalue weighted by Gasteiger charge is -2.15. The molecule has 2 rings (SSSR count). The maximum absolute atomic E-state index is 3.60. The SMILES string of the molecule is Cc1ccc(C)c(CCNC(C)CNC2CC2)c1. The Bertz CT molecular complexity index is 383. The van der Waals surface area contributed by atoms with Gasteiger partial charge >= 0.3 is 0 Å². The molecule has 0 heterocycles. The minimum Gasteiger partial charge on any atom is -0.313 e. The number of nitrogens with one attached hydrogen (secondary N) is 2. The van der Waals surface area contributed by atoms with Gasteiger partial charge in [0.25, 0.3) is 0 Å². The molecular weight excluding hydrogens is 220 g/mol. The van der Waals surface area contributed by atoms with Gasteiger partial charge in [-0.3, -0.25) is 0 Å². The van der Waals surface area contributed by atoms with Crippen molar-refractivity contribution < 1.29 is 0 Å². The number of benzene rings is 1. The lowest BCUT2D eigenvalue weighted by molar-refractivity contribution is 0.503. The van der Waals surface area contributed by atoms with Crippen LogP contribution in [0.15, 0.2) is 18.2 Å². The van der Waals surface area contributed by atoms with Crippen LogP contribution in [0.5, 0.6) is 0 Å². The number of hydrogen-bond acceptors (Lipinski definition) is 2. The Morgan fingerprint density at radius 2 is 2.06 bits per heavy atom. The van der Waals surface area contributed by atoms with Crippen LogP contribution in [0.1, 0.15) is 36.5 Å². The highest BCUT2D eigenvalue weighted by molar-refractivity contribution is 5.30. The van der Waals surface area contributed by atoms with Crippen molar-refractivity contribution in [3.05, 3.63) is 34.9 Å². The molecule has 2 nitrogen and oxygen atoms in total. The Kier molecular flexibility index (Phi) is 4.79. The molecule has 18 heavy (non-hydrogen) atoms. The van der Waals surface area contributed by atoms with Crippen molar-refractivity contribution in [1.29, 1.82) is 0 Å². The summed E-state index contributed by atoms with van der Waals surface area (Å²) in [5.41, 5.74) is 4.25. The predicted molar refractivity (Wildman–Crippen MR) is 78.1 cm³/mol. The smallest absolute Gasteiger partial charge is 0.0164 e. The average Bonchev–Trinajstić information content (AvgIpc) is 3.15. The fourth-order valence-corrected chi connectivity index (χ4v) is 2.23. The van der Waals surface area contributed by atoms with Crippen molar-refractivity contribution in [2.45, 2.75) is 52.1 Å². The molecule has 0 saturated heterocycles. The second-order valence-electron chi connectivity index (χ2n) is 5.72. The van der Waals surface area contributed by atoms with E-state index in [1.54, 1.807) is 0 Å². The number of hydrogen-bond donors (Lipinski definition) is 2. The van der Waals surface area contributed by atoms with E-state index >= 15 is 0 Å². The van der Waals surface area contributed by atoms with Crippen LogP contribution in [-0.2, 0) is 6.42 Å². The summed E-state index contributed by atoms with van der Waals surface area (Å²) in [6, 6.07) is 8.10. The van der Waals surface area contributed by atoms with Crippen LogP contribution in [0, 0.1) is 13.8 Å². The van der Waals surface area contributed by atoms with Crippen molar-refractivity contribution in [2.75, 3.05) is 13.1 Å². The largest absolute Gasteiger partial charge is 0.313 e. The topological polar surface area (TPSA) is 24.1 Å². The first-order valence-corrected chi connectivity index (χ1v) is 7.18. The van der Waals surface area contributed by atoms with Crippen LogP contribution < -0.4 is 10.6 Å². The second kappa shape index (κ2) is 6.35. The van der Waals surface area contributed by atoms with Crippen LogP contribution in [0.25, 0.3) is 0 Å². The van der Waals surface area contributed by atoms with Gasteiger partial charge in [0.1, 0.15) is 0 Å². The molecule has 100 valence electrons. The van der Waals surface area contributed by atoms with Crippen LogP contribution in [-0.4, -0.2) is 25.2 Å². The van der Waals surface area contributed by atoms with Gasteiger partial charge in [0.2, 0.25) is 0 Å². The van der Waals surface area contributed by atoms with E-state index in [4.69, 9.17) is 0 Å². The highest BCUT2D eigenvalue weighted by Crippen LogP contribution is 2.18. The normalized spacial score (nSPS) is 16.8. The molecule has 1 aliphatic rings. The lowest BCUT2D eigenvalue weighted by atomic mass is 10.0. The molecule has 1 aliphatic carbocycles. The molecule has 1 aromatic rings. The van der Waals surface area contributed by atoms with Gasteiger partial charge in [-0.1, -0.05) is 23.8 Å². The molecule has 1 saturated carbocycles. The number of rotatable bonds is 7. The first kappa shape index (κ1) is 13.6. The second-order valence-corrected chi connectivity index (χ2v) is 5.72. The maximum Gasteiger partial charge on any atom is 0.0164 e. The quantitative estimate of drug-likeness (QED) is 0.772. The molecule has 0 radical (unpaired) electrons. The maximum atomic E-state index is 3.60. The van der Waals surface area contributed by atoms with Gasteiger partial charge in [-0.2, -0.15) is 0 Å². The Morgan fingerprint density at radius 3 is 2.78 bits per heavy atom. The van der Waals surface area contributed by atoms with E-state index in [9.17, 15) is 0 Å². The summed E-state index contributed by atoms with van der Waals surface area (Å²) in [5.74, 6) is 0. The Hall–Kier alpha value is -0.860. The van der Waals surface area contributed by atoms with E-state index in [-0.39, 0.29) is 0 Å². The molecule has 0 aliphatic heterocycles. The Morgan fingerprint density at radius 1 is 1.28 bits per heavy atom. The molecule has 1 fully saturated rings. The monoisotopic (exact) mass is 246 g/mol. The van der Waals surface area contributed by atoms with Gasteiger partial charge in [-0.25, -0.2) is 0 Å². The van der Waals surface area contributed by atoms with Crippen LogP contribution in [0.3, 0.4) is 0 Å². The lowest BCUT2D eigenvalue weighted by Crippen LogP contribution is -2.38. The molecule has 1 atom stereocenters. The first-order valence-electron chi connectivity index (χ1n) is 7.18. The molecule has 1 aromatic carbocycles. The van der Waals surface area contributed by atoms with Crippen molar-refractivity contribution in [1.82, 2.24) is 10.6 Å². The molecule has 0 bridgehead atoms. The Labute approximate surface area is 111 Å². The van der Waals surface area contributed by atoms with Crippen LogP contribution in [0.2, 0.25) is 0 Å². The van der Waals surface area contributed by atoms with Crippen molar-refractivity contribution in [2.24, 2.45) is 0 Å². The van der Waals surface area contributed by atoms with E-state index in [2.05, 4.69) is 49.6 Å². The standard InChI is InChI=1S/C16H26N2/c1-12-4-5-13(2)15(10-12)8-9-17-14(3)11-18-16-6-7-16/h4-5,10,14,16-18H,6-9,11H2,1-3H3. The Balaban J connectivity index is 1.68. The molecular formula is C16H26N2. The van der Waals surface area contributed by atoms with E-state index in [0.29, 0.717) is 6.04 Å². The van der Waals surface area contributed by atoms with Crippen molar-refractivity contribution >= 4 is 0 Å². The van der Waals surface area contributed by atoms with Gasteiger partial charge in [-0.05, 0) is 57.7 Å². The van der Waals surface area contributed by atoms with Gasteiger partial charge in [-0.15, -0.1) is 0 Å². The summed E-state index contributed by atoms with van der Waals surface area (Å²) in [5, 5.41) is 7.16. The van der Waals surface area contributed by atoms with E-state index in [1.807, 2.05) is 0 Å². The molecule has 0 aromatic heterocycles. The fourth-order valence-electron chi connectivity index (χ4n) is 2.23. The summed E-state index contributed by atoms with van der Waals surface area (Å²) >= 11 is 0. The van der Waals surface area contributed by atoms with E-state index in [0.717, 1.165) is 25.6 Å². The molecule has 1 unspecified atom stereocenters. The minimum absolute atomic E-state index is 0.565. The van der Waals surface area contributed by atoms with E-state index < -0.39 is 0 Å². The van der Waals surface area contributed by atoms with Gasteiger partial charge < -0.3 is 10.6 Å². The molecule has 0 amide bonds. The molecule has 2 N–H and O–H groups in total. The minimum atomic E-state index is 0.565. The van der Waals surface area contributed by atoms with Crippen molar-refractivity contribution in [3.8, 4) is 0 Å². The number of aryl methyl sites for hydroxylation is 2. The third kappa shape index (κ3) is 4.43. The fraction of sp³-hybridized carbons (Fsp3) is 0.625. The summed E-state index contributed by atoms with van der Waals surface area (Å²) in [6.45, 7) is 8.79. The van der Waals surface area contributed by atoms with Crippen LogP contribution in [0.4, 0.5) is 0 Å². The van der Waals surface area contributed by atoms with E-state index in [1.165, 1.54) is 29.5 Å². The predicted octanol–water partition coefficient (Wildman–Crippen LogP) is 2.58. The zero-order chi connectivity index (χ0) is 13.0. The summed E-state index contributed by atoms with van der Waals surface area (Å²) in [7, 11) is 0. The third-order valence-electron chi connectivity index (χ3n) is 3.68. The highest BCUT2D eigenvalue weighted by atomic mass is 15.0. The van der Waals surface area contributed by atoms with Gasteiger partial charge in [0.05, 0.1) is 0 Å². The molecule has 2 heteroatoms. The average molecular weight is 246 g/mol. The summed E-state index contributed by atoms with van der Waals surface area (Å²) in [6.07, 6.45) is 3.87. The zero-order valence-corrected chi connectivity index (χ0v) is 11.9.